The van der Waals surface area contributed by atoms with Crippen molar-refractivity contribution >= 4 is 19.4 Å². The van der Waals surface area contributed by atoms with Gasteiger partial charge in [0.05, 0.1) is 0 Å². The van der Waals surface area contributed by atoms with E-state index >= 15 is 0 Å². The Balaban J connectivity index is -0.0000000457. The Hall–Kier alpha value is 0.966. The Morgan fingerprint density at radius 2 is 1.00 bits per heavy atom. The first-order valence-electron chi connectivity index (χ1n) is 1.52. The summed E-state index contributed by atoms with van der Waals surface area (Å²) in [6.07, 6.45) is 0. The molecule has 0 aliphatic rings. The van der Waals surface area contributed by atoms with E-state index in [2.05, 4.69) is 0 Å². The van der Waals surface area contributed by atoms with Crippen LogP contribution in [0, 0.1) is 0 Å². The molecule has 0 aliphatic heterocycles. The summed E-state index contributed by atoms with van der Waals surface area (Å²) in [7, 11) is -10.3. The van der Waals surface area contributed by atoms with Crippen LogP contribution in [-0.4, -0.2) is 36.2 Å². The Morgan fingerprint density at radius 3 is 1.00 bits per heavy atom. The summed E-state index contributed by atoms with van der Waals surface area (Å²) in [4.78, 5) is 31.8. The quantitative estimate of drug-likeness (QED) is 0.254. The van der Waals surface area contributed by atoms with Gasteiger partial charge in [-0.1, -0.05) is 0 Å². The fraction of sp³-hybridized carbons (Fsp3) is 0. The first-order valence-corrected chi connectivity index (χ1v) is 4.57. The first kappa shape index (κ1) is 23.1. The Kier molecular flexibility index (Phi) is 16.5. The smallest absolute Gasteiger partial charge is 0.828 e. The monoisotopic (exact) mass is 316 g/mol. The van der Waals surface area contributed by atoms with Crippen molar-refractivity contribution < 1.29 is 70.8 Å². The Morgan fingerprint density at radius 1 is 1.00 bits per heavy atom. The predicted molar refractivity (Wildman–Crippen MR) is 20.7 cm³/mol. The standard InChI is InChI=1S/2Cu.H2O4S.H2O4Si/c;;2*1-5(2,3)4/h;;(H2,1,2,3,4);1-2H/q2*+2;;-2/p-2. The van der Waals surface area contributed by atoms with Crippen molar-refractivity contribution in [3.8, 4) is 0 Å². The molecule has 0 spiro atoms. The minimum absolute atomic E-state index is 0. The summed E-state index contributed by atoms with van der Waals surface area (Å²) in [5.41, 5.74) is 0. The van der Waals surface area contributed by atoms with Crippen molar-refractivity contribution in [2.24, 2.45) is 0 Å². The second kappa shape index (κ2) is 8.56. The summed E-state index contributed by atoms with van der Waals surface area (Å²) >= 11 is 0. The molecule has 0 aromatic rings. The fourth-order valence-corrected chi connectivity index (χ4v) is 0. The van der Waals surface area contributed by atoms with Crippen molar-refractivity contribution in [2.75, 3.05) is 0 Å². The molecule has 0 rings (SSSR count). The topological polar surface area (TPSA) is 167 Å². The van der Waals surface area contributed by atoms with Crippen LogP contribution in [0.25, 0.3) is 0 Å². The van der Waals surface area contributed by atoms with Gasteiger partial charge in [-0.15, -0.1) is 0 Å². The van der Waals surface area contributed by atoms with Crippen LogP contribution in [0.1, 0.15) is 0 Å². The average molecular weight is 317 g/mol. The van der Waals surface area contributed by atoms with Crippen LogP contribution in [0.5, 0.6) is 0 Å². The maximum atomic E-state index is 8.80. The molecule has 0 aliphatic carbocycles. The van der Waals surface area contributed by atoms with Gasteiger partial charge in [0.25, 0.3) is 0 Å². The van der Waals surface area contributed by atoms with Gasteiger partial charge in [0.1, 0.15) is 9.05 Å². The van der Waals surface area contributed by atoms with Crippen molar-refractivity contribution in [3.05, 3.63) is 0 Å². The van der Waals surface area contributed by atoms with Gasteiger partial charge in [0, 0.05) is 10.4 Å². The molecule has 0 atom stereocenters. The fourth-order valence-electron chi connectivity index (χ4n) is 0. The molecule has 0 heterocycles. The van der Waals surface area contributed by atoms with Gasteiger partial charge >= 0.3 is 34.1 Å². The van der Waals surface area contributed by atoms with Crippen LogP contribution < -0.4 is 9.59 Å². The largest absolute Gasteiger partial charge is 2.00 e. The molecule has 0 aromatic carbocycles. The molecule has 8 nitrogen and oxygen atoms in total. The Bertz CT molecular complexity index is 152. The van der Waals surface area contributed by atoms with E-state index in [1.54, 1.807) is 0 Å². The van der Waals surface area contributed by atoms with Gasteiger partial charge in [-0.2, -0.15) is 0 Å². The van der Waals surface area contributed by atoms with Crippen molar-refractivity contribution in [1.29, 1.82) is 0 Å². The van der Waals surface area contributed by atoms with E-state index in [0.29, 0.717) is 0 Å². The van der Waals surface area contributed by atoms with E-state index in [0.717, 1.165) is 0 Å². The van der Waals surface area contributed by atoms with E-state index < -0.39 is 19.4 Å². The van der Waals surface area contributed by atoms with Crippen LogP contribution in [0.4, 0.5) is 0 Å². The molecule has 12 heavy (non-hydrogen) atoms. The third-order valence-corrected chi connectivity index (χ3v) is 0. The molecule has 0 saturated carbocycles. The van der Waals surface area contributed by atoms with E-state index in [1.165, 1.54) is 0 Å². The average Bonchev–Trinajstić information content (AvgIpc) is 1.12. The van der Waals surface area contributed by atoms with Gasteiger partial charge in [0.15, 0.2) is 0 Å². The summed E-state index contributed by atoms with van der Waals surface area (Å²) in [5, 5.41) is 0. The molecule has 0 amide bonds. The number of hydrogen-bond acceptors (Lipinski definition) is 8. The van der Waals surface area contributed by atoms with Crippen LogP contribution in [0.15, 0.2) is 0 Å². The van der Waals surface area contributed by atoms with Gasteiger partial charge in [-0.05, 0) is 0 Å². The molecule has 2 radical (unpaired) electrons. The molecule has 2 N–H and O–H groups in total. The van der Waals surface area contributed by atoms with Crippen molar-refractivity contribution in [1.82, 2.24) is 0 Å². The third kappa shape index (κ3) is 1170. The molecular formula is H2Cu2O8SSi. The summed E-state index contributed by atoms with van der Waals surface area (Å²) in [5.74, 6) is 0. The van der Waals surface area contributed by atoms with Crippen LogP contribution in [0.2, 0.25) is 0 Å². The zero-order chi connectivity index (χ0) is 9.00. The summed E-state index contributed by atoms with van der Waals surface area (Å²) in [6.45, 7) is 0. The maximum absolute atomic E-state index is 8.80. The maximum Gasteiger partial charge on any atom is 2.00 e. The first-order chi connectivity index (χ1) is 4.00. The Labute approximate surface area is 90.3 Å². The SMILES string of the molecule is O=S(=O)([O-])[O-].[Cu+2].[Cu+2].[O-][Si]([O-])(O)O. The molecule has 0 aromatic heterocycles. The van der Waals surface area contributed by atoms with Crippen LogP contribution in [0.3, 0.4) is 0 Å². The summed E-state index contributed by atoms with van der Waals surface area (Å²) < 4.78 is 34.1. The number of hydrogen-bond donors (Lipinski definition) is 2. The normalized spacial score (nSPS) is 9.83. The van der Waals surface area contributed by atoms with E-state index in [4.69, 9.17) is 36.7 Å². The zero-order valence-corrected chi connectivity index (χ0v) is 8.55. The number of rotatable bonds is 0. The second-order valence-corrected chi connectivity index (χ2v) is 2.87. The van der Waals surface area contributed by atoms with E-state index in [9.17, 15) is 0 Å². The minimum atomic E-state index is -5.17. The van der Waals surface area contributed by atoms with Crippen LogP contribution in [-0.2, 0) is 44.5 Å². The molecule has 12 heteroatoms. The van der Waals surface area contributed by atoms with E-state index in [1.807, 2.05) is 0 Å². The molecule has 0 saturated heterocycles. The molecule has 82 valence electrons. The summed E-state index contributed by atoms with van der Waals surface area (Å²) in [6, 6.07) is 0. The molecule has 0 fully saturated rings. The van der Waals surface area contributed by atoms with Gasteiger partial charge in [-0.25, -0.2) is 0 Å². The van der Waals surface area contributed by atoms with Crippen molar-refractivity contribution in [3.63, 3.8) is 0 Å². The van der Waals surface area contributed by atoms with Crippen molar-refractivity contribution in [2.45, 2.75) is 0 Å². The van der Waals surface area contributed by atoms with Gasteiger partial charge < -0.3 is 28.3 Å². The predicted octanol–water partition coefficient (Wildman–Crippen LogP) is -5.22. The third-order valence-electron chi connectivity index (χ3n) is 0. The zero-order valence-electron chi connectivity index (χ0n) is 4.86. The minimum Gasteiger partial charge on any atom is -0.828 e. The molecule has 0 unspecified atom stereocenters. The van der Waals surface area contributed by atoms with Gasteiger partial charge in [-0.3, -0.25) is 8.42 Å². The van der Waals surface area contributed by atoms with Gasteiger partial charge in [0.2, 0.25) is 0 Å². The van der Waals surface area contributed by atoms with Crippen LogP contribution >= 0.6 is 0 Å². The molecular weight excluding hydrogens is 315 g/mol. The molecule has 0 bridgehead atoms. The van der Waals surface area contributed by atoms with E-state index in [-0.39, 0.29) is 34.1 Å². The second-order valence-electron chi connectivity index (χ2n) is 0.957.